The van der Waals surface area contributed by atoms with Gasteiger partial charge in [0.05, 0.1) is 16.6 Å². The number of aryl methyl sites for hydroxylation is 1. The number of carbonyl (C=O) groups is 1. The first-order chi connectivity index (χ1) is 21.2. The number of benzene rings is 2. The Balaban J connectivity index is 1.02. The van der Waals surface area contributed by atoms with Gasteiger partial charge in [-0.05, 0) is 99.2 Å². The first kappa shape index (κ1) is 27.8. The lowest BCUT2D eigenvalue weighted by molar-refractivity contribution is -0.211. The summed E-state index contributed by atoms with van der Waals surface area (Å²) in [5.74, 6) is 0.266. The average molecular weight is 597 g/mol. The second kappa shape index (κ2) is 10.2. The molecule has 1 amide bonds. The molecule has 7 nitrogen and oxygen atoms in total. The zero-order valence-corrected chi connectivity index (χ0v) is 25.5. The molecule has 5 aliphatic carbocycles. The summed E-state index contributed by atoms with van der Waals surface area (Å²) in [5, 5.41) is 5.07. The number of rotatable bonds is 10. The molecule has 0 unspecified atom stereocenters. The van der Waals surface area contributed by atoms with E-state index in [1.54, 1.807) is 0 Å². The van der Waals surface area contributed by atoms with Crippen LogP contribution in [0, 0.1) is 5.41 Å². The lowest BCUT2D eigenvalue weighted by atomic mass is 9.42. The molecule has 44 heavy (non-hydrogen) atoms. The fourth-order valence-corrected chi connectivity index (χ4v) is 8.60. The second-order valence-electron chi connectivity index (χ2n) is 14.3. The van der Waals surface area contributed by atoms with Crippen LogP contribution in [0.25, 0.3) is 22.2 Å². The third kappa shape index (κ3) is 4.72. The van der Waals surface area contributed by atoms with Crippen molar-refractivity contribution >= 4 is 22.7 Å². The minimum absolute atomic E-state index is 0.0624. The first-order valence-corrected chi connectivity index (χ1v) is 16.5. The van der Waals surface area contributed by atoms with Crippen molar-refractivity contribution in [3.8, 4) is 11.1 Å². The molecular weight excluding hydrogens is 555 g/mol. The Kier molecular flexibility index (Phi) is 6.44. The normalized spacial score (nSPS) is 25.4. The summed E-state index contributed by atoms with van der Waals surface area (Å²) in [5.41, 5.74) is 4.96. The number of anilines is 1. The summed E-state index contributed by atoms with van der Waals surface area (Å²) in [6.45, 7) is 0.612. The van der Waals surface area contributed by atoms with E-state index in [0.717, 1.165) is 36.1 Å². The molecule has 5 fully saturated rings. The molecule has 0 saturated heterocycles. The van der Waals surface area contributed by atoms with Crippen LogP contribution in [0.5, 0.6) is 0 Å². The maximum absolute atomic E-state index is 14.5. The molecule has 2 aromatic heterocycles. The molecule has 5 saturated carbocycles. The maximum Gasteiger partial charge on any atom is 0.417 e. The fraction of sp³-hybridized carbons (Fsp3) is 0.528. The molecular formula is C36H41FN4O3. The number of halogens is 1. The van der Waals surface area contributed by atoms with Crippen LogP contribution in [0.3, 0.4) is 0 Å². The predicted molar refractivity (Wildman–Crippen MR) is 169 cm³/mol. The number of carbonyl (C=O) groups excluding carboxylic acids is 1. The van der Waals surface area contributed by atoms with Crippen molar-refractivity contribution in [3.05, 3.63) is 70.5 Å². The van der Waals surface area contributed by atoms with Gasteiger partial charge in [0.1, 0.15) is 5.67 Å². The van der Waals surface area contributed by atoms with Crippen LogP contribution >= 0.6 is 0 Å². The van der Waals surface area contributed by atoms with Gasteiger partial charge in [-0.15, -0.1) is 0 Å². The lowest BCUT2D eigenvalue weighted by Gasteiger charge is -2.65. The van der Waals surface area contributed by atoms with E-state index in [0.29, 0.717) is 42.8 Å². The van der Waals surface area contributed by atoms with Crippen molar-refractivity contribution in [2.45, 2.75) is 100 Å². The van der Waals surface area contributed by atoms with Crippen LogP contribution in [0.1, 0.15) is 101 Å². The van der Waals surface area contributed by atoms with Crippen molar-refractivity contribution in [2.24, 2.45) is 12.5 Å². The second-order valence-corrected chi connectivity index (χ2v) is 14.3. The third-order valence-electron chi connectivity index (χ3n) is 11.1. The Hall–Kier alpha value is -3.68. The molecule has 230 valence electrons. The molecule has 0 radical (unpaired) electrons. The summed E-state index contributed by atoms with van der Waals surface area (Å²) in [6, 6.07) is 16.0. The van der Waals surface area contributed by atoms with Gasteiger partial charge < -0.3 is 9.32 Å². The number of unbranched alkanes of at least 4 members (excludes halogenated alkanes) is 1. The molecule has 0 aliphatic heterocycles. The fourth-order valence-electron chi connectivity index (χ4n) is 8.60. The Bertz CT molecular complexity index is 1770. The number of H-pyrrole nitrogens is 1. The number of hydrogen-bond donors (Lipinski definition) is 1. The highest BCUT2D eigenvalue weighted by Crippen LogP contribution is 2.70. The maximum atomic E-state index is 14.5. The number of alkyl halides is 1. The Morgan fingerprint density at radius 3 is 2.57 bits per heavy atom. The Morgan fingerprint density at radius 1 is 1.05 bits per heavy atom. The predicted octanol–water partition coefficient (Wildman–Crippen LogP) is 7.70. The van der Waals surface area contributed by atoms with Gasteiger partial charge in [-0.25, -0.2) is 9.18 Å². The highest BCUT2D eigenvalue weighted by atomic mass is 19.1. The van der Waals surface area contributed by atoms with E-state index in [1.165, 1.54) is 56.3 Å². The van der Waals surface area contributed by atoms with Gasteiger partial charge in [0.15, 0.2) is 5.58 Å². The van der Waals surface area contributed by atoms with E-state index in [1.807, 2.05) is 47.4 Å². The molecule has 8 heteroatoms. The van der Waals surface area contributed by atoms with Gasteiger partial charge in [-0.2, -0.15) is 5.10 Å². The molecule has 5 aliphatic rings. The number of nitrogens with zero attached hydrogens (tertiary/aromatic N) is 3. The number of oxazole rings is 1. The zero-order valence-electron chi connectivity index (χ0n) is 25.5. The van der Waals surface area contributed by atoms with Crippen molar-refractivity contribution in [3.63, 3.8) is 0 Å². The largest absolute Gasteiger partial charge is 0.417 e. The summed E-state index contributed by atoms with van der Waals surface area (Å²) in [4.78, 5) is 30.3. The molecule has 2 aromatic carbocycles. The summed E-state index contributed by atoms with van der Waals surface area (Å²) >= 11 is 0. The third-order valence-corrected chi connectivity index (χ3v) is 11.1. The van der Waals surface area contributed by atoms with E-state index in [-0.39, 0.29) is 11.3 Å². The van der Waals surface area contributed by atoms with E-state index < -0.39 is 16.8 Å². The van der Waals surface area contributed by atoms with E-state index >= 15 is 0 Å². The van der Waals surface area contributed by atoms with E-state index in [2.05, 4.69) is 22.8 Å². The summed E-state index contributed by atoms with van der Waals surface area (Å²) < 4.78 is 22.0. The quantitative estimate of drug-likeness (QED) is 0.190. The van der Waals surface area contributed by atoms with Gasteiger partial charge >= 0.3 is 5.76 Å². The first-order valence-electron chi connectivity index (χ1n) is 16.5. The average Bonchev–Trinajstić information content (AvgIpc) is 3.65. The van der Waals surface area contributed by atoms with Crippen LogP contribution in [0.2, 0.25) is 0 Å². The minimum Gasteiger partial charge on any atom is -0.408 e. The summed E-state index contributed by atoms with van der Waals surface area (Å²) in [6.07, 6.45) is 12.8. The molecule has 1 N–H and O–H groups in total. The SMILES string of the molecule is Cn1nc(C2(CCCCN(C(=O)C34CC(F)(C3)C4)c3cccc(-c4ccc5[nH]c(=O)oc5c4)c3)CCCCC2)cc1C1CC1. The Morgan fingerprint density at radius 2 is 1.82 bits per heavy atom. The number of fused-ring (bicyclic) bond motifs is 1. The van der Waals surface area contributed by atoms with Gasteiger partial charge in [0.25, 0.3) is 0 Å². The summed E-state index contributed by atoms with van der Waals surface area (Å²) in [7, 11) is 2.10. The molecule has 2 heterocycles. The van der Waals surface area contributed by atoms with Gasteiger partial charge in [-0.3, -0.25) is 14.5 Å². The number of aromatic amines is 1. The minimum atomic E-state index is -1.13. The molecule has 2 bridgehead atoms. The van der Waals surface area contributed by atoms with E-state index in [9.17, 15) is 14.0 Å². The monoisotopic (exact) mass is 596 g/mol. The lowest BCUT2D eigenvalue weighted by Crippen LogP contribution is -2.70. The van der Waals surface area contributed by atoms with Crippen LogP contribution in [-0.2, 0) is 17.3 Å². The van der Waals surface area contributed by atoms with Gasteiger partial charge in [0.2, 0.25) is 5.91 Å². The van der Waals surface area contributed by atoms with Crippen LogP contribution in [0.15, 0.2) is 57.7 Å². The zero-order chi connectivity index (χ0) is 30.1. The molecule has 0 spiro atoms. The van der Waals surface area contributed by atoms with Crippen LogP contribution < -0.4 is 10.7 Å². The Labute approximate surface area is 256 Å². The highest BCUT2D eigenvalue weighted by Gasteiger charge is 2.73. The molecule has 0 atom stereocenters. The molecule has 4 aromatic rings. The van der Waals surface area contributed by atoms with Gasteiger partial charge in [0, 0.05) is 36.3 Å². The van der Waals surface area contributed by atoms with Crippen LogP contribution in [-0.4, -0.2) is 32.9 Å². The van der Waals surface area contributed by atoms with Crippen molar-refractivity contribution in [1.29, 1.82) is 0 Å². The topological polar surface area (TPSA) is 84.1 Å². The van der Waals surface area contributed by atoms with Crippen LogP contribution in [0.4, 0.5) is 10.1 Å². The van der Waals surface area contributed by atoms with Crippen molar-refractivity contribution in [1.82, 2.24) is 14.8 Å². The highest BCUT2D eigenvalue weighted by molar-refractivity contribution is 6.00. The standard InChI is InChI=1S/C36H41FN4O3/c1-40-29(24-10-11-24)20-31(39-40)34(14-3-2-4-15-34)16-5-6-17-41(32(42)35-21-36(37,22-35)23-35)27-9-7-8-25(18-27)26-12-13-28-30(19-26)44-33(43)38-28/h7-9,12-13,18-20,24H,2-6,10-11,14-17,21-23H2,1H3,(H,38,43). The number of aromatic nitrogens is 3. The number of amides is 1. The number of nitrogens with one attached hydrogen (secondary N) is 1. The molecule has 9 rings (SSSR count). The van der Waals surface area contributed by atoms with Crippen molar-refractivity contribution in [2.75, 3.05) is 11.4 Å². The van der Waals surface area contributed by atoms with Crippen molar-refractivity contribution < 1.29 is 13.6 Å². The smallest absolute Gasteiger partial charge is 0.408 e. The number of hydrogen-bond acceptors (Lipinski definition) is 4. The van der Waals surface area contributed by atoms with E-state index in [4.69, 9.17) is 9.52 Å². The van der Waals surface area contributed by atoms with Gasteiger partial charge in [-0.1, -0.05) is 43.9 Å².